The van der Waals surface area contributed by atoms with Crippen molar-refractivity contribution in [2.24, 2.45) is 0 Å². The van der Waals surface area contributed by atoms with Crippen molar-refractivity contribution in [1.82, 2.24) is 4.98 Å². The van der Waals surface area contributed by atoms with E-state index in [2.05, 4.69) is 4.98 Å². The molecule has 1 N–H and O–H groups in total. The standard InChI is InChI=1S/C16H13F2N3O/c17-13-3-2-11(5-14(13)18)15-6-12(22)9-21(15)16-4-1-10(7-19)8-20-16/h1-5,8,12,15,22H,6,9H2. The molecule has 1 fully saturated rings. The summed E-state index contributed by atoms with van der Waals surface area (Å²) in [5.41, 5.74) is 1.02. The van der Waals surface area contributed by atoms with Crippen LogP contribution in [0.2, 0.25) is 0 Å². The first-order valence-corrected chi connectivity index (χ1v) is 6.84. The van der Waals surface area contributed by atoms with E-state index in [0.29, 0.717) is 29.9 Å². The highest BCUT2D eigenvalue weighted by molar-refractivity contribution is 5.46. The average Bonchev–Trinajstić information content (AvgIpc) is 2.92. The van der Waals surface area contributed by atoms with E-state index in [1.807, 2.05) is 11.0 Å². The van der Waals surface area contributed by atoms with E-state index in [1.54, 1.807) is 12.1 Å². The fourth-order valence-corrected chi connectivity index (χ4v) is 2.72. The molecule has 0 amide bonds. The van der Waals surface area contributed by atoms with Crippen LogP contribution in [0.5, 0.6) is 0 Å². The van der Waals surface area contributed by atoms with Gasteiger partial charge in [0.2, 0.25) is 0 Å². The van der Waals surface area contributed by atoms with Gasteiger partial charge in [0.05, 0.1) is 17.7 Å². The maximum atomic E-state index is 13.5. The van der Waals surface area contributed by atoms with Gasteiger partial charge in [0.15, 0.2) is 11.6 Å². The molecule has 1 aromatic heterocycles. The van der Waals surface area contributed by atoms with Crippen LogP contribution in [0.25, 0.3) is 0 Å². The van der Waals surface area contributed by atoms with E-state index < -0.39 is 17.7 Å². The van der Waals surface area contributed by atoms with E-state index in [0.717, 1.165) is 12.1 Å². The average molecular weight is 301 g/mol. The van der Waals surface area contributed by atoms with Gasteiger partial charge in [-0.25, -0.2) is 13.8 Å². The van der Waals surface area contributed by atoms with Crippen LogP contribution in [0.3, 0.4) is 0 Å². The molecule has 1 aromatic carbocycles. The monoisotopic (exact) mass is 301 g/mol. The minimum absolute atomic E-state index is 0.287. The first-order valence-electron chi connectivity index (χ1n) is 6.84. The summed E-state index contributed by atoms with van der Waals surface area (Å²) < 4.78 is 26.5. The Kier molecular flexibility index (Phi) is 3.73. The van der Waals surface area contributed by atoms with Crippen LogP contribution in [0.4, 0.5) is 14.6 Å². The van der Waals surface area contributed by atoms with Gasteiger partial charge in [-0.15, -0.1) is 0 Å². The van der Waals surface area contributed by atoms with Crippen LogP contribution >= 0.6 is 0 Å². The minimum atomic E-state index is -0.911. The lowest BCUT2D eigenvalue weighted by Gasteiger charge is -2.25. The van der Waals surface area contributed by atoms with Crippen molar-refractivity contribution in [1.29, 1.82) is 5.26 Å². The van der Waals surface area contributed by atoms with Gasteiger partial charge in [0, 0.05) is 12.7 Å². The molecule has 0 bridgehead atoms. The Morgan fingerprint density at radius 3 is 2.68 bits per heavy atom. The number of halogens is 2. The van der Waals surface area contributed by atoms with Crippen LogP contribution < -0.4 is 4.90 Å². The van der Waals surface area contributed by atoms with Crippen LogP contribution in [0.15, 0.2) is 36.5 Å². The Hall–Kier alpha value is -2.52. The first kappa shape index (κ1) is 14.4. The van der Waals surface area contributed by atoms with Crippen molar-refractivity contribution in [2.75, 3.05) is 11.4 Å². The molecule has 2 heterocycles. The van der Waals surface area contributed by atoms with Gasteiger partial charge < -0.3 is 10.0 Å². The van der Waals surface area contributed by atoms with Crippen molar-refractivity contribution in [3.63, 3.8) is 0 Å². The number of pyridine rings is 1. The predicted molar refractivity (Wildman–Crippen MR) is 76.0 cm³/mol. The summed E-state index contributed by atoms with van der Waals surface area (Å²) in [7, 11) is 0. The van der Waals surface area contributed by atoms with Crippen molar-refractivity contribution >= 4 is 5.82 Å². The van der Waals surface area contributed by atoms with Crippen LogP contribution in [-0.4, -0.2) is 22.7 Å². The predicted octanol–water partition coefficient (Wildman–Crippen LogP) is 2.54. The number of nitrogens with zero attached hydrogens (tertiary/aromatic N) is 3. The van der Waals surface area contributed by atoms with Crippen molar-refractivity contribution < 1.29 is 13.9 Å². The van der Waals surface area contributed by atoms with Crippen molar-refractivity contribution in [2.45, 2.75) is 18.6 Å². The van der Waals surface area contributed by atoms with E-state index in [-0.39, 0.29) is 6.04 Å². The summed E-state index contributed by atoms with van der Waals surface area (Å²) in [6.07, 6.45) is 1.28. The highest BCUT2D eigenvalue weighted by atomic mass is 19.2. The smallest absolute Gasteiger partial charge is 0.159 e. The highest BCUT2D eigenvalue weighted by Crippen LogP contribution is 2.35. The molecule has 4 nitrogen and oxygen atoms in total. The second-order valence-corrected chi connectivity index (χ2v) is 5.25. The molecule has 2 aromatic rings. The quantitative estimate of drug-likeness (QED) is 0.926. The Morgan fingerprint density at radius 2 is 2.05 bits per heavy atom. The number of β-amino-alcohol motifs (C(OH)–C–C–N with tert-alkyl or cyclic N) is 1. The molecule has 1 saturated heterocycles. The second-order valence-electron chi connectivity index (χ2n) is 5.25. The normalized spacial score (nSPS) is 20.9. The topological polar surface area (TPSA) is 60.2 Å². The number of benzene rings is 1. The van der Waals surface area contributed by atoms with Gasteiger partial charge in [-0.2, -0.15) is 5.26 Å². The number of rotatable bonds is 2. The van der Waals surface area contributed by atoms with E-state index >= 15 is 0 Å². The zero-order valence-electron chi connectivity index (χ0n) is 11.6. The van der Waals surface area contributed by atoms with E-state index in [1.165, 1.54) is 12.3 Å². The molecule has 6 heteroatoms. The van der Waals surface area contributed by atoms with Crippen LogP contribution in [0, 0.1) is 23.0 Å². The van der Waals surface area contributed by atoms with Gasteiger partial charge in [-0.1, -0.05) is 6.07 Å². The van der Waals surface area contributed by atoms with E-state index in [4.69, 9.17) is 5.26 Å². The summed E-state index contributed by atoms with van der Waals surface area (Å²) in [5, 5.41) is 18.7. The molecule has 1 aliphatic heterocycles. The zero-order valence-corrected chi connectivity index (χ0v) is 11.6. The minimum Gasteiger partial charge on any atom is -0.391 e. The van der Waals surface area contributed by atoms with Crippen LogP contribution in [0.1, 0.15) is 23.6 Å². The molecule has 0 spiro atoms. The Balaban J connectivity index is 1.94. The number of aliphatic hydroxyl groups is 1. The molecule has 1 aliphatic rings. The number of aliphatic hydroxyl groups excluding tert-OH is 1. The summed E-state index contributed by atoms with van der Waals surface area (Å²) >= 11 is 0. The molecule has 0 radical (unpaired) electrons. The molecular weight excluding hydrogens is 288 g/mol. The summed E-state index contributed by atoms with van der Waals surface area (Å²) in [4.78, 5) is 6.04. The van der Waals surface area contributed by atoms with Crippen molar-refractivity contribution in [3.8, 4) is 6.07 Å². The number of aromatic nitrogens is 1. The number of hydrogen-bond acceptors (Lipinski definition) is 4. The third-order valence-electron chi connectivity index (χ3n) is 3.78. The third-order valence-corrected chi connectivity index (χ3v) is 3.78. The maximum Gasteiger partial charge on any atom is 0.159 e. The lowest BCUT2D eigenvalue weighted by Crippen LogP contribution is -2.25. The fourth-order valence-electron chi connectivity index (χ4n) is 2.72. The second kappa shape index (κ2) is 5.70. The zero-order chi connectivity index (χ0) is 15.7. The maximum absolute atomic E-state index is 13.5. The summed E-state index contributed by atoms with van der Waals surface area (Å²) in [5.74, 6) is -1.22. The molecule has 0 saturated carbocycles. The Labute approximate surface area is 126 Å². The lowest BCUT2D eigenvalue weighted by molar-refractivity contribution is 0.194. The SMILES string of the molecule is N#Cc1ccc(N2CC(O)CC2c2ccc(F)c(F)c2)nc1. The summed E-state index contributed by atoms with van der Waals surface area (Å²) in [6.45, 7) is 0.350. The third kappa shape index (κ3) is 2.63. The number of anilines is 1. The molecule has 112 valence electrons. The lowest BCUT2D eigenvalue weighted by atomic mass is 10.0. The van der Waals surface area contributed by atoms with Gasteiger partial charge >= 0.3 is 0 Å². The summed E-state index contributed by atoms with van der Waals surface area (Å²) in [6, 6.07) is 8.76. The fraction of sp³-hybridized carbons (Fsp3) is 0.250. The number of nitriles is 1. The molecule has 0 aliphatic carbocycles. The molecular formula is C16H13F2N3O. The molecule has 2 unspecified atom stereocenters. The Bertz CT molecular complexity index is 727. The largest absolute Gasteiger partial charge is 0.391 e. The van der Waals surface area contributed by atoms with Crippen LogP contribution in [-0.2, 0) is 0 Å². The van der Waals surface area contributed by atoms with Crippen molar-refractivity contribution in [3.05, 3.63) is 59.3 Å². The van der Waals surface area contributed by atoms with Gasteiger partial charge in [-0.3, -0.25) is 0 Å². The molecule has 22 heavy (non-hydrogen) atoms. The Morgan fingerprint density at radius 1 is 1.23 bits per heavy atom. The highest BCUT2D eigenvalue weighted by Gasteiger charge is 2.33. The number of hydrogen-bond donors (Lipinski definition) is 1. The van der Waals surface area contributed by atoms with E-state index in [9.17, 15) is 13.9 Å². The molecule has 3 rings (SSSR count). The first-order chi connectivity index (χ1) is 10.6. The van der Waals surface area contributed by atoms with Gasteiger partial charge in [-0.05, 0) is 36.2 Å². The van der Waals surface area contributed by atoms with Gasteiger partial charge in [0.1, 0.15) is 11.9 Å². The molecule has 2 atom stereocenters. The van der Waals surface area contributed by atoms with Gasteiger partial charge in [0.25, 0.3) is 0 Å².